The summed E-state index contributed by atoms with van der Waals surface area (Å²) in [6.45, 7) is 4.60. The Kier molecular flexibility index (Phi) is 3.93. The first-order valence-corrected chi connectivity index (χ1v) is 9.39. The minimum Gasteiger partial charge on any atom is -0.292 e. The van der Waals surface area contributed by atoms with E-state index in [4.69, 9.17) is 10.2 Å². The largest absolute Gasteiger partial charge is 0.292 e. The van der Waals surface area contributed by atoms with Crippen LogP contribution >= 0.6 is 11.3 Å². The summed E-state index contributed by atoms with van der Waals surface area (Å²) < 4.78 is 1.74. The van der Waals surface area contributed by atoms with Gasteiger partial charge in [0.05, 0.1) is 23.6 Å². The molecule has 1 aliphatic rings. The Morgan fingerprint density at radius 1 is 1.44 bits per heavy atom. The van der Waals surface area contributed by atoms with Crippen molar-refractivity contribution in [2.24, 2.45) is 5.92 Å². The van der Waals surface area contributed by atoms with E-state index in [1.54, 1.807) is 22.0 Å². The number of hydrogen-bond acceptors (Lipinski definition) is 4. The maximum Gasteiger partial charge on any atom is 0.262 e. The zero-order valence-electron chi connectivity index (χ0n) is 14.4. The van der Waals surface area contributed by atoms with Crippen LogP contribution in [0.4, 0.5) is 0 Å². The Morgan fingerprint density at radius 3 is 3.08 bits per heavy atom. The Hall–Kier alpha value is -2.45. The van der Waals surface area contributed by atoms with E-state index in [1.165, 1.54) is 10.4 Å². The van der Waals surface area contributed by atoms with Gasteiger partial charge < -0.3 is 0 Å². The Balaban J connectivity index is 1.84. The van der Waals surface area contributed by atoms with Crippen molar-refractivity contribution in [3.63, 3.8) is 0 Å². The van der Waals surface area contributed by atoms with Crippen LogP contribution in [0.25, 0.3) is 10.2 Å². The minimum atomic E-state index is 0.0527. The average molecular weight is 349 g/mol. The van der Waals surface area contributed by atoms with E-state index < -0.39 is 0 Å². The third-order valence-corrected chi connectivity index (χ3v) is 6.15. The molecule has 1 aromatic carbocycles. The van der Waals surface area contributed by atoms with Crippen molar-refractivity contribution >= 4 is 21.6 Å². The van der Waals surface area contributed by atoms with Crippen LogP contribution in [-0.4, -0.2) is 9.55 Å². The quantitative estimate of drug-likeness (QED) is 0.707. The fourth-order valence-corrected chi connectivity index (χ4v) is 5.05. The molecule has 0 fully saturated rings. The van der Waals surface area contributed by atoms with Crippen LogP contribution in [0, 0.1) is 24.2 Å². The van der Waals surface area contributed by atoms with Crippen LogP contribution in [0.3, 0.4) is 0 Å². The number of fused-ring (bicyclic) bond motifs is 3. The van der Waals surface area contributed by atoms with Gasteiger partial charge in [0.15, 0.2) is 0 Å². The number of nitriles is 1. The van der Waals surface area contributed by atoms with Gasteiger partial charge in [-0.05, 0) is 55.4 Å². The Morgan fingerprint density at radius 2 is 2.28 bits per heavy atom. The van der Waals surface area contributed by atoms with Gasteiger partial charge in [-0.3, -0.25) is 9.36 Å². The van der Waals surface area contributed by atoms with Crippen LogP contribution in [0.5, 0.6) is 0 Å². The fraction of sp³-hybridized carbons (Fsp3) is 0.350. The van der Waals surface area contributed by atoms with E-state index >= 15 is 0 Å². The summed E-state index contributed by atoms with van der Waals surface area (Å²) in [5.74, 6) is 1.41. The molecule has 2 aromatic heterocycles. The standard InChI is InChI=1S/C20H19N3OS/c1-12-6-7-16-17(8-12)25-19-18(16)20(24)23(13(2)22-19)11-15-5-3-4-14(9-15)10-21/h3-5,9,12H,6-8,11H2,1-2H3. The number of aryl methyl sites for hydroxylation is 2. The van der Waals surface area contributed by atoms with Crippen LogP contribution in [0.15, 0.2) is 29.1 Å². The molecule has 0 spiro atoms. The lowest BCUT2D eigenvalue weighted by Gasteiger charge is -2.17. The molecule has 0 amide bonds. The summed E-state index contributed by atoms with van der Waals surface area (Å²) in [5.41, 5.74) is 2.83. The smallest absolute Gasteiger partial charge is 0.262 e. The van der Waals surface area contributed by atoms with Crippen molar-refractivity contribution in [3.8, 4) is 6.07 Å². The lowest BCUT2D eigenvalue weighted by atomic mass is 9.89. The van der Waals surface area contributed by atoms with E-state index in [1.807, 2.05) is 25.1 Å². The number of hydrogen-bond donors (Lipinski definition) is 0. The van der Waals surface area contributed by atoms with E-state index in [2.05, 4.69) is 13.0 Å². The van der Waals surface area contributed by atoms with E-state index in [0.29, 0.717) is 18.0 Å². The predicted molar refractivity (Wildman–Crippen MR) is 100 cm³/mol. The Bertz CT molecular complexity index is 1070. The second-order valence-corrected chi connectivity index (χ2v) is 7.98. The van der Waals surface area contributed by atoms with Gasteiger partial charge in [0, 0.05) is 4.88 Å². The molecule has 1 unspecified atom stereocenters. The molecule has 0 saturated heterocycles. The van der Waals surface area contributed by atoms with Gasteiger partial charge in [-0.2, -0.15) is 5.26 Å². The SMILES string of the molecule is Cc1nc2sc3c(c2c(=O)n1Cc1cccc(C#N)c1)CCC(C)C3. The number of benzene rings is 1. The number of nitrogens with zero attached hydrogens (tertiary/aromatic N) is 3. The molecule has 0 aliphatic heterocycles. The van der Waals surface area contributed by atoms with Crippen LogP contribution < -0.4 is 5.56 Å². The van der Waals surface area contributed by atoms with Crippen LogP contribution in [0.2, 0.25) is 0 Å². The molecule has 0 bridgehead atoms. The first-order valence-electron chi connectivity index (χ1n) is 8.57. The number of rotatable bonds is 2. The van der Waals surface area contributed by atoms with Crippen molar-refractivity contribution < 1.29 is 0 Å². The van der Waals surface area contributed by atoms with Crippen LogP contribution in [0.1, 0.15) is 40.7 Å². The van der Waals surface area contributed by atoms with Crippen LogP contribution in [-0.2, 0) is 19.4 Å². The minimum absolute atomic E-state index is 0.0527. The topological polar surface area (TPSA) is 58.7 Å². The fourth-order valence-electron chi connectivity index (χ4n) is 3.63. The molecular formula is C20H19N3OS. The number of thiophene rings is 1. The van der Waals surface area contributed by atoms with E-state index in [9.17, 15) is 4.79 Å². The maximum absolute atomic E-state index is 13.2. The number of aromatic nitrogens is 2. The molecule has 1 atom stereocenters. The van der Waals surface area contributed by atoms with Gasteiger partial charge >= 0.3 is 0 Å². The first-order chi connectivity index (χ1) is 12.1. The summed E-state index contributed by atoms with van der Waals surface area (Å²) in [7, 11) is 0. The molecule has 4 rings (SSSR count). The monoisotopic (exact) mass is 349 g/mol. The summed E-state index contributed by atoms with van der Waals surface area (Å²) in [4.78, 5) is 20.1. The van der Waals surface area contributed by atoms with Crippen molar-refractivity contribution in [3.05, 3.63) is 62.0 Å². The normalized spacial score (nSPS) is 16.6. The highest BCUT2D eigenvalue weighted by molar-refractivity contribution is 7.18. The highest BCUT2D eigenvalue weighted by atomic mass is 32.1. The third-order valence-electron chi connectivity index (χ3n) is 5.00. The molecule has 0 saturated carbocycles. The lowest BCUT2D eigenvalue weighted by molar-refractivity contribution is 0.509. The van der Waals surface area contributed by atoms with Gasteiger partial charge in [0.25, 0.3) is 5.56 Å². The molecule has 126 valence electrons. The summed E-state index contributed by atoms with van der Waals surface area (Å²) in [6.07, 6.45) is 3.16. The van der Waals surface area contributed by atoms with Gasteiger partial charge in [-0.1, -0.05) is 19.1 Å². The van der Waals surface area contributed by atoms with Gasteiger partial charge in [-0.15, -0.1) is 11.3 Å². The highest BCUT2D eigenvalue weighted by Gasteiger charge is 2.24. The lowest BCUT2D eigenvalue weighted by Crippen LogP contribution is -2.25. The van der Waals surface area contributed by atoms with Crippen molar-refractivity contribution in [1.82, 2.24) is 9.55 Å². The average Bonchev–Trinajstić information content (AvgIpc) is 2.95. The van der Waals surface area contributed by atoms with E-state index in [-0.39, 0.29) is 5.56 Å². The second kappa shape index (κ2) is 6.12. The summed E-state index contributed by atoms with van der Waals surface area (Å²) >= 11 is 1.69. The van der Waals surface area contributed by atoms with Crippen molar-refractivity contribution in [1.29, 1.82) is 5.26 Å². The van der Waals surface area contributed by atoms with Gasteiger partial charge in [0.2, 0.25) is 0 Å². The zero-order valence-corrected chi connectivity index (χ0v) is 15.2. The molecule has 0 radical (unpaired) electrons. The molecule has 1 aliphatic carbocycles. The molecule has 4 nitrogen and oxygen atoms in total. The first kappa shape index (κ1) is 16.0. The summed E-state index contributed by atoms with van der Waals surface area (Å²) in [6, 6.07) is 9.56. The molecule has 0 N–H and O–H groups in total. The second-order valence-electron chi connectivity index (χ2n) is 6.89. The van der Waals surface area contributed by atoms with Crippen molar-refractivity contribution in [2.45, 2.75) is 39.7 Å². The predicted octanol–water partition coefficient (Wildman–Crippen LogP) is 3.81. The zero-order chi connectivity index (χ0) is 17.6. The molecule has 25 heavy (non-hydrogen) atoms. The summed E-state index contributed by atoms with van der Waals surface area (Å²) in [5, 5.41) is 9.89. The van der Waals surface area contributed by atoms with Gasteiger partial charge in [-0.25, -0.2) is 4.98 Å². The highest BCUT2D eigenvalue weighted by Crippen LogP contribution is 2.35. The third kappa shape index (κ3) is 2.77. The van der Waals surface area contributed by atoms with Gasteiger partial charge in [0.1, 0.15) is 10.7 Å². The Labute approximate surface area is 150 Å². The molecule has 5 heteroatoms. The molecular weight excluding hydrogens is 330 g/mol. The molecule has 2 heterocycles. The van der Waals surface area contributed by atoms with Crippen molar-refractivity contribution in [2.75, 3.05) is 0 Å². The maximum atomic E-state index is 13.2. The van der Waals surface area contributed by atoms with E-state index in [0.717, 1.165) is 40.9 Å². The molecule has 3 aromatic rings.